The third-order valence-corrected chi connectivity index (χ3v) is 3.63. The standard InChI is InChI=1S/C14H19NO2/c1-17-14(16)13-8-4-2-3-7-12(13)11-6-5-9-15-10-11/h5-6,9-10,12-13H,2-4,7-8H2,1H3. The monoisotopic (exact) mass is 233 g/mol. The van der Waals surface area contributed by atoms with Gasteiger partial charge in [0.05, 0.1) is 13.0 Å². The summed E-state index contributed by atoms with van der Waals surface area (Å²) in [5.41, 5.74) is 1.17. The van der Waals surface area contributed by atoms with Gasteiger partial charge in [-0.25, -0.2) is 0 Å². The van der Waals surface area contributed by atoms with Gasteiger partial charge in [-0.05, 0) is 30.4 Å². The number of pyridine rings is 1. The van der Waals surface area contributed by atoms with Crippen LogP contribution < -0.4 is 0 Å². The van der Waals surface area contributed by atoms with E-state index in [0.29, 0.717) is 0 Å². The van der Waals surface area contributed by atoms with Crippen molar-refractivity contribution < 1.29 is 9.53 Å². The maximum absolute atomic E-state index is 11.9. The quantitative estimate of drug-likeness (QED) is 0.582. The minimum atomic E-state index is -0.0687. The smallest absolute Gasteiger partial charge is 0.309 e. The van der Waals surface area contributed by atoms with E-state index in [0.717, 1.165) is 19.3 Å². The van der Waals surface area contributed by atoms with Crippen molar-refractivity contribution in [3.05, 3.63) is 30.1 Å². The molecule has 17 heavy (non-hydrogen) atoms. The summed E-state index contributed by atoms with van der Waals surface area (Å²) in [4.78, 5) is 16.0. The van der Waals surface area contributed by atoms with E-state index < -0.39 is 0 Å². The number of ether oxygens (including phenoxy) is 1. The van der Waals surface area contributed by atoms with E-state index in [2.05, 4.69) is 11.1 Å². The van der Waals surface area contributed by atoms with Crippen LogP contribution in [0.3, 0.4) is 0 Å². The van der Waals surface area contributed by atoms with Crippen LogP contribution in [0.25, 0.3) is 0 Å². The number of carbonyl (C=O) groups is 1. The highest BCUT2D eigenvalue weighted by Gasteiger charge is 2.31. The summed E-state index contributed by atoms with van der Waals surface area (Å²) in [6.07, 6.45) is 9.17. The Bertz CT molecular complexity index is 364. The van der Waals surface area contributed by atoms with Crippen LogP contribution in [0.2, 0.25) is 0 Å². The lowest BCUT2D eigenvalue weighted by molar-refractivity contribution is -0.146. The summed E-state index contributed by atoms with van der Waals surface area (Å²) in [6.45, 7) is 0. The van der Waals surface area contributed by atoms with Crippen molar-refractivity contribution in [2.45, 2.75) is 38.0 Å². The number of hydrogen-bond acceptors (Lipinski definition) is 3. The molecule has 0 amide bonds. The third-order valence-electron chi connectivity index (χ3n) is 3.63. The Morgan fingerprint density at radius 1 is 1.35 bits per heavy atom. The van der Waals surface area contributed by atoms with E-state index in [1.165, 1.54) is 25.5 Å². The Balaban J connectivity index is 2.23. The highest BCUT2D eigenvalue weighted by molar-refractivity contribution is 5.73. The molecule has 92 valence electrons. The zero-order valence-electron chi connectivity index (χ0n) is 10.3. The van der Waals surface area contributed by atoms with Crippen molar-refractivity contribution in [1.82, 2.24) is 4.98 Å². The molecule has 2 rings (SSSR count). The van der Waals surface area contributed by atoms with Gasteiger partial charge in [0, 0.05) is 12.4 Å². The van der Waals surface area contributed by atoms with Crippen LogP contribution in [0, 0.1) is 5.92 Å². The highest BCUT2D eigenvalue weighted by atomic mass is 16.5. The van der Waals surface area contributed by atoms with Crippen molar-refractivity contribution in [3.63, 3.8) is 0 Å². The van der Waals surface area contributed by atoms with Gasteiger partial charge in [-0.3, -0.25) is 9.78 Å². The molecule has 1 saturated carbocycles. The number of carbonyl (C=O) groups excluding carboxylic acids is 1. The average Bonchev–Trinajstić information content (AvgIpc) is 2.64. The van der Waals surface area contributed by atoms with Crippen LogP contribution >= 0.6 is 0 Å². The number of nitrogens with zero attached hydrogens (tertiary/aromatic N) is 1. The summed E-state index contributed by atoms with van der Waals surface area (Å²) < 4.78 is 4.94. The molecule has 3 heteroatoms. The summed E-state index contributed by atoms with van der Waals surface area (Å²) in [5, 5.41) is 0. The fourth-order valence-corrected chi connectivity index (χ4v) is 2.74. The molecule has 0 aromatic carbocycles. The molecular weight excluding hydrogens is 214 g/mol. The first kappa shape index (κ1) is 12.1. The number of esters is 1. The fraction of sp³-hybridized carbons (Fsp3) is 0.571. The second-order valence-corrected chi connectivity index (χ2v) is 4.66. The van der Waals surface area contributed by atoms with Gasteiger partial charge in [0.1, 0.15) is 0 Å². The second-order valence-electron chi connectivity index (χ2n) is 4.66. The Labute approximate surface area is 102 Å². The minimum absolute atomic E-state index is 0.00620. The zero-order chi connectivity index (χ0) is 12.1. The van der Waals surface area contributed by atoms with Gasteiger partial charge in [-0.2, -0.15) is 0 Å². The molecule has 1 aromatic rings. The Kier molecular flexibility index (Phi) is 4.13. The van der Waals surface area contributed by atoms with Crippen LogP contribution in [0.15, 0.2) is 24.5 Å². The van der Waals surface area contributed by atoms with Crippen molar-refractivity contribution >= 4 is 5.97 Å². The van der Waals surface area contributed by atoms with Crippen molar-refractivity contribution in [2.75, 3.05) is 7.11 Å². The average molecular weight is 233 g/mol. The fourth-order valence-electron chi connectivity index (χ4n) is 2.74. The lowest BCUT2D eigenvalue weighted by Gasteiger charge is -2.22. The van der Waals surface area contributed by atoms with Gasteiger partial charge in [-0.1, -0.05) is 25.3 Å². The van der Waals surface area contributed by atoms with E-state index in [4.69, 9.17) is 4.74 Å². The first-order chi connectivity index (χ1) is 8.33. The van der Waals surface area contributed by atoms with E-state index >= 15 is 0 Å². The van der Waals surface area contributed by atoms with E-state index in [1.807, 2.05) is 12.3 Å². The molecule has 0 radical (unpaired) electrons. The van der Waals surface area contributed by atoms with E-state index in [1.54, 1.807) is 6.20 Å². The summed E-state index contributed by atoms with van der Waals surface area (Å²) in [6, 6.07) is 4.01. The lowest BCUT2D eigenvalue weighted by Crippen LogP contribution is -2.23. The molecule has 2 unspecified atom stereocenters. The number of rotatable bonds is 2. The minimum Gasteiger partial charge on any atom is -0.469 e. The highest BCUT2D eigenvalue weighted by Crippen LogP contribution is 2.36. The molecule has 0 aliphatic heterocycles. The normalized spacial score (nSPS) is 25.0. The largest absolute Gasteiger partial charge is 0.469 e. The third kappa shape index (κ3) is 2.84. The summed E-state index contributed by atoms with van der Waals surface area (Å²) in [7, 11) is 1.48. The van der Waals surface area contributed by atoms with E-state index in [-0.39, 0.29) is 17.8 Å². The number of hydrogen-bond donors (Lipinski definition) is 0. The molecular formula is C14H19NO2. The first-order valence-corrected chi connectivity index (χ1v) is 6.30. The Hall–Kier alpha value is -1.38. The van der Waals surface area contributed by atoms with Crippen LogP contribution in [0.4, 0.5) is 0 Å². The van der Waals surface area contributed by atoms with Gasteiger partial charge in [0.2, 0.25) is 0 Å². The molecule has 0 saturated heterocycles. The Morgan fingerprint density at radius 3 is 2.88 bits per heavy atom. The molecule has 0 spiro atoms. The molecule has 1 aliphatic carbocycles. The predicted octanol–water partition coefficient (Wildman–Crippen LogP) is 2.92. The van der Waals surface area contributed by atoms with Gasteiger partial charge in [0.25, 0.3) is 0 Å². The van der Waals surface area contributed by atoms with Crippen LogP contribution in [-0.4, -0.2) is 18.1 Å². The van der Waals surface area contributed by atoms with Crippen LogP contribution in [0.5, 0.6) is 0 Å². The Morgan fingerprint density at radius 2 is 2.18 bits per heavy atom. The van der Waals surface area contributed by atoms with Crippen molar-refractivity contribution in [1.29, 1.82) is 0 Å². The molecule has 1 aliphatic rings. The van der Waals surface area contributed by atoms with Crippen LogP contribution in [0.1, 0.15) is 43.6 Å². The number of aromatic nitrogens is 1. The van der Waals surface area contributed by atoms with Gasteiger partial charge in [-0.15, -0.1) is 0 Å². The molecule has 3 nitrogen and oxygen atoms in total. The van der Waals surface area contributed by atoms with Crippen molar-refractivity contribution in [3.8, 4) is 0 Å². The molecule has 0 bridgehead atoms. The van der Waals surface area contributed by atoms with Gasteiger partial charge < -0.3 is 4.74 Å². The number of methoxy groups -OCH3 is 1. The zero-order valence-corrected chi connectivity index (χ0v) is 10.3. The van der Waals surface area contributed by atoms with Gasteiger partial charge >= 0.3 is 5.97 Å². The maximum atomic E-state index is 11.9. The SMILES string of the molecule is COC(=O)C1CCCCCC1c1cccnc1. The lowest BCUT2D eigenvalue weighted by atomic mass is 9.83. The van der Waals surface area contributed by atoms with Crippen LogP contribution in [-0.2, 0) is 9.53 Å². The summed E-state index contributed by atoms with van der Waals surface area (Å²) in [5.74, 6) is 0.214. The molecule has 1 heterocycles. The topological polar surface area (TPSA) is 39.2 Å². The van der Waals surface area contributed by atoms with E-state index in [9.17, 15) is 4.79 Å². The van der Waals surface area contributed by atoms with Gasteiger partial charge in [0.15, 0.2) is 0 Å². The van der Waals surface area contributed by atoms with Crippen molar-refractivity contribution in [2.24, 2.45) is 5.92 Å². The molecule has 1 fully saturated rings. The first-order valence-electron chi connectivity index (χ1n) is 6.30. The predicted molar refractivity (Wildman–Crippen MR) is 65.6 cm³/mol. The molecule has 0 N–H and O–H groups in total. The second kappa shape index (κ2) is 5.80. The molecule has 2 atom stereocenters. The molecule has 1 aromatic heterocycles. The summed E-state index contributed by atoms with van der Waals surface area (Å²) >= 11 is 0. The maximum Gasteiger partial charge on any atom is 0.309 e.